The van der Waals surface area contributed by atoms with Gasteiger partial charge < -0.3 is 19.1 Å². The Balaban J connectivity index is 1.70. The van der Waals surface area contributed by atoms with Gasteiger partial charge in [0, 0.05) is 24.5 Å². The van der Waals surface area contributed by atoms with Crippen LogP contribution in [0.1, 0.15) is 12.8 Å². The first kappa shape index (κ1) is 16.6. The van der Waals surface area contributed by atoms with E-state index in [1.807, 2.05) is 11.0 Å². The lowest BCUT2D eigenvalue weighted by molar-refractivity contribution is -0.130. The van der Waals surface area contributed by atoms with Crippen molar-refractivity contribution in [3.05, 3.63) is 35.8 Å². The number of fused-ring (bicyclic) bond motifs is 2. The second-order valence-corrected chi connectivity index (χ2v) is 6.32. The number of aromatic nitrogens is 1. The standard InChI is InChI=1S/C19H19N3O4/c1-20-16-10-13-4-5-21-19-15(13)11-17(16)25-9-8-24-7-6-22-14(12-26-19)2-3-18(22)23/h4-5,10-11,14H,2-3,6-9,12H2. The van der Waals surface area contributed by atoms with Crippen LogP contribution >= 0.6 is 0 Å². The molecule has 0 radical (unpaired) electrons. The molecule has 134 valence electrons. The van der Waals surface area contributed by atoms with E-state index in [0.29, 0.717) is 56.7 Å². The maximum Gasteiger partial charge on any atom is 0.228 e. The second kappa shape index (κ2) is 7.18. The largest absolute Gasteiger partial charge is 0.502 e. The summed E-state index contributed by atoms with van der Waals surface area (Å²) in [6.07, 6.45) is 2.99. The number of hydrogen-bond donors (Lipinski definition) is 0. The summed E-state index contributed by atoms with van der Waals surface area (Å²) in [6, 6.07) is 5.46. The van der Waals surface area contributed by atoms with Crippen LogP contribution < -0.4 is 9.47 Å². The summed E-state index contributed by atoms with van der Waals surface area (Å²) < 4.78 is 17.3. The highest BCUT2D eigenvalue weighted by atomic mass is 16.5. The Bertz CT molecular complexity index is 877. The van der Waals surface area contributed by atoms with Gasteiger partial charge in [0.05, 0.1) is 25.8 Å². The molecule has 1 aromatic carbocycles. The number of rotatable bonds is 0. The summed E-state index contributed by atoms with van der Waals surface area (Å²) in [5.41, 5.74) is 0.453. The summed E-state index contributed by atoms with van der Waals surface area (Å²) in [5, 5.41) is 1.67. The Kier molecular flexibility index (Phi) is 4.59. The van der Waals surface area contributed by atoms with Crippen molar-refractivity contribution in [1.29, 1.82) is 0 Å². The van der Waals surface area contributed by atoms with Crippen LogP contribution in [-0.2, 0) is 9.53 Å². The van der Waals surface area contributed by atoms with Gasteiger partial charge in [-0.3, -0.25) is 4.79 Å². The lowest BCUT2D eigenvalue weighted by Gasteiger charge is -2.25. The molecule has 1 aromatic heterocycles. The highest BCUT2D eigenvalue weighted by Gasteiger charge is 2.31. The first-order valence-corrected chi connectivity index (χ1v) is 8.69. The molecule has 7 heteroatoms. The molecule has 0 aliphatic carbocycles. The third kappa shape index (κ3) is 3.16. The average Bonchev–Trinajstić information content (AvgIpc) is 3.01. The van der Waals surface area contributed by atoms with E-state index in [2.05, 4.69) is 9.83 Å². The van der Waals surface area contributed by atoms with Crippen molar-refractivity contribution in [1.82, 2.24) is 9.88 Å². The van der Waals surface area contributed by atoms with Crippen LogP contribution in [-0.4, -0.2) is 54.8 Å². The summed E-state index contributed by atoms with van der Waals surface area (Å²) in [6.45, 7) is 9.50. The van der Waals surface area contributed by atoms with Crippen molar-refractivity contribution in [2.75, 3.05) is 33.0 Å². The van der Waals surface area contributed by atoms with Gasteiger partial charge in [-0.1, -0.05) is 0 Å². The quantitative estimate of drug-likeness (QED) is 0.681. The van der Waals surface area contributed by atoms with Gasteiger partial charge in [-0.05, 0) is 30.0 Å². The Hall–Kier alpha value is -2.85. The summed E-state index contributed by atoms with van der Waals surface area (Å²) in [5.74, 6) is 1.14. The summed E-state index contributed by atoms with van der Waals surface area (Å²) in [4.78, 5) is 21.8. The molecule has 2 bridgehead atoms. The van der Waals surface area contributed by atoms with E-state index in [4.69, 9.17) is 20.8 Å². The Morgan fingerprint density at radius 2 is 2.15 bits per heavy atom. The molecule has 26 heavy (non-hydrogen) atoms. The zero-order valence-corrected chi connectivity index (χ0v) is 14.3. The van der Waals surface area contributed by atoms with Crippen molar-refractivity contribution >= 4 is 22.4 Å². The number of hydrogen-bond acceptors (Lipinski definition) is 5. The van der Waals surface area contributed by atoms with Gasteiger partial charge in [0.2, 0.25) is 17.5 Å². The van der Waals surface area contributed by atoms with E-state index in [-0.39, 0.29) is 11.9 Å². The van der Waals surface area contributed by atoms with Gasteiger partial charge in [0.15, 0.2) is 0 Å². The van der Waals surface area contributed by atoms with Gasteiger partial charge in [-0.15, -0.1) is 0 Å². The van der Waals surface area contributed by atoms with E-state index in [9.17, 15) is 4.79 Å². The minimum Gasteiger partial charge on any atom is -0.502 e. The van der Waals surface area contributed by atoms with Gasteiger partial charge in [-0.2, -0.15) is 0 Å². The smallest absolute Gasteiger partial charge is 0.228 e. The molecule has 0 spiro atoms. The molecule has 1 unspecified atom stereocenters. The van der Waals surface area contributed by atoms with Crippen LogP contribution in [0.15, 0.2) is 24.4 Å². The Morgan fingerprint density at radius 1 is 1.23 bits per heavy atom. The fourth-order valence-corrected chi connectivity index (χ4v) is 3.40. The van der Waals surface area contributed by atoms with E-state index >= 15 is 0 Å². The van der Waals surface area contributed by atoms with Crippen molar-refractivity contribution in [3.8, 4) is 11.6 Å². The van der Waals surface area contributed by atoms with Crippen molar-refractivity contribution in [3.63, 3.8) is 0 Å². The fraction of sp³-hybridized carbons (Fsp3) is 0.421. The number of amides is 1. The molecule has 1 amide bonds. The maximum atomic E-state index is 12.1. The highest BCUT2D eigenvalue weighted by Crippen LogP contribution is 2.36. The van der Waals surface area contributed by atoms with Crippen molar-refractivity contribution < 1.29 is 19.0 Å². The van der Waals surface area contributed by atoms with E-state index in [1.54, 1.807) is 18.3 Å². The van der Waals surface area contributed by atoms with E-state index in [0.717, 1.165) is 17.2 Å². The molecule has 2 aliphatic heterocycles. The highest BCUT2D eigenvalue weighted by molar-refractivity contribution is 5.92. The third-order valence-electron chi connectivity index (χ3n) is 4.75. The minimum absolute atomic E-state index is 0.0318. The van der Waals surface area contributed by atoms with Gasteiger partial charge in [0.1, 0.15) is 19.0 Å². The maximum absolute atomic E-state index is 12.1. The molecule has 4 rings (SSSR count). The fourth-order valence-electron chi connectivity index (χ4n) is 3.40. The SMILES string of the molecule is [C-]#[N+]c1cc2ccnc3c2cc1OCCOCCN1C(=O)CCC1CO3. The molecule has 3 heterocycles. The van der Waals surface area contributed by atoms with Crippen LogP contribution in [0.5, 0.6) is 11.6 Å². The molecule has 1 fully saturated rings. The van der Waals surface area contributed by atoms with Crippen LogP contribution in [0, 0.1) is 6.57 Å². The van der Waals surface area contributed by atoms with Crippen LogP contribution in [0.4, 0.5) is 5.69 Å². The van der Waals surface area contributed by atoms with Gasteiger partial charge in [0.25, 0.3) is 0 Å². The van der Waals surface area contributed by atoms with E-state index in [1.165, 1.54) is 0 Å². The molecule has 0 N–H and O–H groups in total. The zero-order chi connectivity index (χ0) is 17.9. The molecule has 1 atom stereocenters. The van der Waals surface area contributed by atoms with Crippen molar-refractivity contribution in [2.24, 2.45) is 0 Å². The molecule has 0 saturated carbocycles. The van der Waals surface area contributed by atoms with Crippen LogP contribution in [0.25, 0.3) is 15.6 Å². The molecule has 2 aromatic rings. The number of ether oxygens (including phenoxy) is 3. The predicted molar refractivity (Wildman–Crippen MR) is 94.5 cm³/mol. The predicted octanol–water partition coefficient (Wildman–Crippen LogP) is 2.56. The second-order valence-electron chi connectivity index (χ2n) is 6.32. The van der Waals surface area contributed by atoms with E-state index < -0.39 is 0 Å². The van der Waals surface area contributed by atoms with Crippen molar-refractivity contribution in [2.45, 2.75) is 18.9 Å². The zero-order valence-electron chi connectivity index (χ0n) is 14.3. The molecule has 1 saturated heterocycles. The number of carbonyl (C=O) groups is 1. The summed E-state index contributed by atoms with van der Waals surface area (Å²) in [7, 11) is 0. The van der Waals surface area contributed by atoms with Crippen LogP contribution in [0.2, 0.25) is 0 Å². The number of carbonyl (C=O) groups excluding carboxylic acids is 1. The molecular formula is C19H19N3O4. The molecule has 7 nitrogen and oxygen atoms in total. The van der Waals surface area contributed by atoms with Crippen LogP contribution in [0.3, 0.4) is 0 Å². The Morgan fingerprint density at radius 3 is 3.04 bits per heavy atom. The monoisotopic (exact) mass is 353 g/mol. The summed E-state index contributed by atoms with van der Waals surface area (Å²) >= 11 is 0. The number of benzene rings is 1. The molecular weight excluding hydrogens is 334 g/mol. The Labute approximate surface area is 151 Å². The van der Waals surface area contributed by atoms with Gasteiger partial charge >= 0.3 is 0 Å². The first-order valence-electron chi connectivity index (χ1n) is 8.69. The normalized spacial score (nSPS) is 20.8. The minimum atomic E-state index is 0.0318. The first-order chi connectivity index (χ1) is 12.8. The number of pyridine rings is 1. The average molecular weight is 353 g/mol. The lowest BCUT2D eigenvalue weighted by atomic mass is 10.1. The third-order valence-corrected chi connectivity index (χ3v) is 4.75. The van der Waals surface area contributed by atoms with Gasteiger partial charge in [-0.25, -0.2) is 9.83 Å². The number of nitrogens with zero attached hydrogens (tertiary/aromatic N) is 3. The lowest BCUT2D eigenvalue weighted by Crippen LogP contribution is -2.39. The topological polar surface area (TPSA) is 65.2 Å². The molecule has 2 aliphatic rings.